The van der Waals surface area contributed by atoms with Crippen molar-refractivity contribution in [3.05, 3.63) is 60.4 Å². The molecule has 3 rings (SSSR count). The normalized spacial score (nSPS) is 10.6. The first kappa shape index (κ1) is 14.2. The Morgan fingerprint density at radius 1 is 1.18 bits per heavy atom. The number of carbonyl (C=O) groups excluding carboxylic acids is 1. The first-order valence-electron chi connectivity index (χ1n) is 6.99. The van der Waals surface area contributed by atoms with Crippen LogP contribution in [-0.2, 0) is 0 Å². The Balaban J connectivity index is 2.14. The second-order valence-electron chi connectivity index (χ2n) is 4.79. The zero-order valence-electron chi connectivity index (χ0n) is 11.9. The summed E-state index contributed by atoms with van der Waals surface area (Å²) in [6, 6.07) is 13.0. The SMILES string of the molecule is O=C(NCCO)c1cc(-c2cccnc2)nc2ccccc12. The van der Waals surface area contributed by atoms with Gasteiger partial charge in [-0.15, -0.1) is 0 Å². The highest BCUT2D eigenvalue weighted by Gasteiger charge is 2.13. The summed E-state index contributed by atoms with van der Waals surface area (Å²) in [4.78, 5) is 21.0. The quantitative estimate of drug-likeness (QED) is 0.771. The van der Waals surface area contributed by atoms with Gasteiger partial charge in [-0.05, 0) is 24.3 Å². The second-order valence-corrected chi connectivity index (χ2v) is 4.79. The van der Waals surface area contributed by atoms with Gasteiger partial charge in [0.25, 0.3) is 5.91 Å². The number of para-hydroxylation sites is 1. The van der Waals surface area contributed by atoms with Crippen molar-refractivity contribution in [1.29, 1.82) is 0 Å². The molecular weight excluding hydrogens is 278 g/mol. The van der Waals surface area contributed by atoms with Crippen molar-refractivity contribution in [3.8, 4) is 11.3 Å². The summed E-state index contributed by atoms with van der Waals surface area (Å²) >= 11 is 0. The van der Waals surface area contributed by atoms with E-state index in [0.717, 1.165) is 16.5 Å². The summed E-state index contributed by atoms with van der Waals surface area (Å²) in [5.74, 6) is -0.224. The lowest BCUT2D eigenvalue weighted by molar-refractivity contribution is 0.0946. The zero-order chi connectivity index (χ0) is 15.4. The summed E-state index contributed by atoms with van der Waals surface area (Å²) in [5.41, 5.74) is 2.83. The zero-order valence-corrected chi connectivity index (χ0v) is 11.9. The molecule has 0 radical (unpaired) electrons. The molecule has 0 aliphatic rings. The minimum atomic E-state index is -0.224. The van der Waals surface area contributed by atoms with Crippen LogP contribution >= 0.6 is 0 Å². The van der Waals surface area contributed by atoms with E-state index < -0.39 is 0 Å². The molecule has 0 aliphatic carbocycles. The number of aliphatic hydroxyl groups is 1. The number of nitrogens with one attached hydrogen (secondary N) is 1. The molecule has 1 amide bonds. The van der Waals surface area contributed by atoms with E-state index in [1.165, 1.54) is 0 Å². The average molecular weight is 293 g/mol. The van der Waals surface area contributed by atoms with Crippen LogP contribution in [0.25, 0.3) is 22.2 Å². The summed E-state index contributed by atoms with van der Waals surface area (Å²) in [7, 11) is 0. The first-order valence-corrected chi connectivity index (χ1v) is 6.99. The molecule has 3 aromatic rings. The van der Waals surface area contributed by atoms with Crippen molar-refractivity contribution in [2.24, 2.45) is 0 Å². The van der Waals surface area contributed by atoms with E-state index >= 15 is 0 Å². The van der Waals surface area contributed by atoms with Gasteiger partial charge in [-0.2, -0.15) is 0 Å². The van der Waals surface area contributed by atoms with Crippen LogP contribution in [0, 0.1) is 0 Å². The van der Waals surface area contributed by atoms with Crippen molar-refractivity contribution in [1.82, 2.24) is 15.3 Å². The van der Waals surface area contributed by atoms with E-state index in [4.69, 9.17) is 5.11 Å². The summed E-state index contributed by atoms with van der Waals surface area (Å²) in [5, 5.41) is 12.3. The fourth-order valence-electron chi connectivity index (χ4n) is 2.29. The number of aliphatic hydroxyl groups excluding tert-OH is 1. The number of fused-ring (bicyclic) bond motifs is 1. The fourth-order valence-corrected chi connectivity index (χ4v) is 2.29. The predicted octanol–water partition coefficient (Wildman–Crippen LogP) is 2.02. The summed E-state index contributed by atoms with van der Waals surface area (Å²) < 4.78 is 0. The molecule has 5 heteroatoms. The Kier molecular flexibility index (Phi) is 4.07. The Bertz CT molecular complexity index is 803. The van der Waals surface area contributed by atoms with Gasteiger partial charge in [0, 0.05) is 29.9 Å². The lowest BCUT2D eigenvalue weighted by Gasteiger charge is -2.10. The maximum Gasteiger partial charge on any atom is 0.252 e. The number of hydrogen-bond acceptors (Lipinski definition) is 4. The van der Waals surface area contributed by atoms with Crippen LogP contribution in [0.4, 0.5) is 0 Å². The van der Waals surface area contributed by atoms with E-state index in [1.807, 2.05) is 36.4 Å². The number of aromatic nitrogens is 2. The minimum absolute atomic E-state index is 0.0930. The highest BCUT2D eigenvalue weighted by molar-refractivity contribution is 6.07. The van der Waals surface area contributed by atoms with Crippen LogP contribution in [0.5, 0.6) is 0 Å². The minimum Gasteiger partial charge on any atom is -0.395 e. The van der Waals surface area contributed by atoms with Gasteiger partial charge in [0.15, 0.2) is 0 Å². The lowest BCUT2D eigenvalue weighted by Crippen LogP contribution is -2.26. The van der Waals surface area contributed by atoms with Crippen molar-refractivity contribution in [2.45, 2.75) is 0 Å². The third-order valence-electron chi connectivity index (χ3n) is 3.32. The Hall–Kier alpha value is -2.79. The molecule has 2 heterocycles. The van der Waals surface area contributed by atoms with Crippen molar-refractivity contribution in [2.75, 3.05) is 13.2 Å². The number of rotatable bonds is 4. The smallest absolute Gasteiger partial charge is 0.252 e. The first-order chi connectivity index (χ1) is 10.8. The van der Waals surface area contributed by atoms with Crippen LogP contribution in [0.3, 0.4) is 0 Å². The highest BCUT2D eigenvalue weighted by atomic mass is 16.3. The highest BCUT2D eigenvalue weighted by Crippen LogP contribution is 2.24. The second kappa shape index (κ2) is 6.32. The number of carbonyl (C=O) groups is 1. The van der Waals surface area contributed by atoms with Gasteiger partial charge >= 0.3 is 0 Å². The fraction of sp³-hybridized carbons (Fsp3) is 0.118. The van der Waals surface area contributed by atoms with E-state index in [1.54, 1.807) is 18.5 Å². The van der Waals surface area contributed by atoms with E-state index in [9.17, 15) is 4.79 Å². The van der Waals surface area contributed by atoms with Crippen LogP contribution in [0.1, 0.15) is 10.4 Å². The van der Waals surface area contributed by atoms with Crippen LogP contribution in [0.15, 0.2) is 54.9 Å². The Labute approximate surface area is 127 Å². The maximum absolute atomic E-state index is 12.3. The lowest BCUT2D eigenvalue weighted by atomic mass is 10.0. The van der Waals surface area contributed by atoms with Gasteiger partial charge in [-0.1, -0.05) is 18.2 Å². The largest absolute Gasteiger partial charge is 0.395 e. The average Bonchev–Trinajstić information content (AvgIpc) is 2.59. The van der Waals surface area contributed by atoms with Gasteiger partial charge in [0.05, 0.1) is 23.4 Å². The molecular formula is C17H15N3O2. The van der Waals surface area contributed by atoms with Crippen molar-refractivity contribution in [3.63, 3.8) is 0 Å². The topological polar surface area (TPSA) is 75.1 Å². The van der Waals surface area contributed by atoms with E-state index in [2.05, 4.69) is 15.3 Å². The number of nitrogens with zero attached hydrogens (tertiary/aromatic N) is 2. The summed E-state index contributed by atoms with van der Waals surface area (Å²) in [6.45, 7) is 0.127. The summed E-state index contributed by atoms with van der Waals surface area (Å²) in [6.07, 6.45) is 3.41. The molecule has 110 valence electrons. The molecule has 0 unspecified atom stereocenters. The third kappa shape index (κ3) is 2.80. The molecule has 2 aromatic heterocycles. The monoisotopic (exact) mass is 293 g/mol. The van der Waals surface area contributed by atoms with Gasteiger partial charge in [0.1, 0.15) is 0 Å². The molecule has 1 aromatic carbocycles. The third-order valence-corrected chi connectivity index (χ3v) is 3.32. The maximum atomic E-state index is 12.3. The Morgan fingerprint density at radius 2 is 2.05 bits per heavy atom. The number of benzene rings is 1. The van der Waals surface area contributed by atoms with Gasteiger partial charge in [0.2, 0.25) is 0 Å². The molecule has 2 N–H and O–H groups in total. The molecule has 0 saturated heterocycles. The molecule has 0 aliphatic heterocycles. The molecule has 0 saturated carbocycles. The van der Waals surface area contributed by atoms with Crippen LogP contribution < -0.4 is 5.32 Å². The molecule has 22 heavy (non-hydrogen) atoms. The Morgan fingerprint density at radius 3 is 2.82 bits per heavy atom. The van der Waals surface area contributed by atoms with Gasteiger partial charge in [-0.25, -0.2) is 4.98 Å². The van der Waals surface area contributed by atoms with Gasteiger partial charge in [-0.3, -0.25) is 9.78 Å². The number of hydrogen-bond donors (Lipinski definition) is 2. The molecule has 5 nitrogen and oxygen atoms in total. The van der Waals surface area contributed by atoms with Gasteiger partial charge < -0.3 is 10.4 Å². The van der Waals surface area contributed by atoms with E-state index in [-0.39, 0.29) is 19.1 Å². The number of amides is 1. The molecule has 0 atom stereocenters. The van der Waals surface area contributed by atoms with Crippen LogP contribution in [-0.4, -0.2) is 34.1 Å². The molecule has 0 bridgehead atoms. The van der Waals surface area contributed by atoms with Crippen molar-refractivity contribution < 1.29 is 9.90 Å². The molecule has 0 fully saturated rings. The van der Waals surface area contributed by atoms with E-state index in [0.29, 0.717) is 11.3 Å². The standard InChI is InChI=1S/C17H15N3O2/c21-9-8-19-17(22)14-10-16(12-4-3-7-18-11-12)20-15-6-2-1-5-13(14)15/h1-7,10-11,21H,8-9H2,(H,19,22). The predicted molar refractivity (Wildman–Crippen MR) is 84.4 cm³/mol. The molecule has 0 spiro atoms. The van der Waals surface area contributed by atoms with Crippen LogP contribution in [0.2, 0.25) is 0 Å². The number of pyridine rings is 2. The van der Waals surface area contributed by atoms with Crippen molar-refractivity contribution >= 4 is 16.8 Å².